The fourth-order valence-electron chi connectivity index (χ4n) is 2.58. The number of pyridine rings is 1. The number of nitrogens with zero attached hydrogens (tertiary/aromatic N) is 3. The normalized spacial score (nSPS) is 11.0. The van der Waals surface area contributed by atoms with Gasteiger partial charge in [0.05, 0.1) is 28.9 Å². The van der Waals surface area contributed by atoms with Crippen molar-refractivity contribution in [3.63, 3.8) is 0 Å². The molecule has 0 saturated heterocycles. The Bertz CT molecular complexity index is 1030. The van der Waals surface area contributed by atoms with Crippen LogP contribution in [0.3, 0.4) is 0 Å². The molecule has 4 nitrogen and oxygen atoms in total. The van der Waals surface area contributed by atoms with Gasteiger partial charge in [-0.3, -0.25) is 14.7 Å². The van der Waals surface area contributed by atoms with Gasteiger partial charge < -0.3 is 0 Å². The van der Waals surface area contributed by atoms with Gasteiger partial charge >= 0.3 is 0 Å². The highest BCUT2D eigenvalue weighted by Crippen LogP contribution is 2.32. The number of halogens is 1. The summed E-state index contributed by atoms with van der Waals surface area (Å²) in [5.74, 6) is 0.00301. The Morgan fingerprint density at radius 1 is 1.15 bits per heavy atom. The van der Waals surface area contributed by atoms with Crippen molar-refractivity contribution in [3.05, 3.63) is 75.7 Å². The smallest absolute Gasteiger partial charge is 0.234 e. The number of carbonyl (C=O) groups is 1. The lowest BCUT2D eigenvalue weighted by Crippen LogP contribution is -2.31. The Hall–Kier alpha value is -2.28. The lowest BCUT2D eigenvalue weighted by atomic mass is 10.3. The van der Waals surface area contributed by atoms with Crippen LogP contribution in [0.4, 0.5) is 5.13 Å². The topological polar surface area (TPSA) is 46.1 Å². The van der Waals surface area contributed by atoms with Crippen LogP contribution in [0.25, 0.3) is 10.2 Å². The molecule has 7 heteroatoms. The number of rotatable bonds is 5. The maximum atomic E-state index is 13.0. The molecule has 0 atom stereocenters. The summed E-state index contributed by atoms with van der Waals surface area (Å²) < 4.78 is 0.961. The van der Waals surface area contributed by atoms with Gasteiger partial charge in [0, 0.05) is 16.1 Å². The van der Waals surface area contributed by atoms with E-state index in [2.05, 4.69) is 9.97 Å². The lowest BCUT2D eigenvalue weighted by Gasteiger charge is -2.19. The van der Waals surface area contributed by atoms with Crippen molar-refractivity contribution in [1.82, 2.24) is 9.97 Å². The van der Waals surface area contributed by atoms with E-state index in [4.69, 9.17) is 11.6 Å². The van der Waals surface area contributed by atoms with Crippen molar-refractivity contribution in [2.75, 3.05) is 4.90 Å². The summed E-state index contributed by atoms with van der Waals surface area (Å²) in [4.78, 5) is 24.7. The van der Waals surface area contributed by atoms with E-state index in [-0.39, 0.29) is 5.91 Å². The van der Waals surface area contributed by atoms with Crippen LogP contribution in [0.15, 0.2) is 60.1 Å². The highest BCUT2D eigenvalue weighted by atomic mass is 35.5. The van der Waals surface area contributed by atoms with Gasteiger partial charge in [-0.2, -0.15) is 0 Å². The van der Waals surface area contributed by atoms with Crippen LogP contribution in [0.5, 0.6) is 0 Å². The maximum absolute atomic E-state index is 13.0. The Morgan fingerprint density at radius 2 is 2.08 bits per heavy atom. The van der Waals surface area contributed by atoms with Crippen LogP contribution < -0.4 is 4.90 Å². The minimum absolute atomic E-state index is 0.00301. The van der Waals surface area contributed by atoms with Crippen molar-refractivity contribution in [2.45, 2.75) is 13.0 Å². The first kappa shape index (κ1) is 17.1. The number of hydrogen-bond acceptors (Lipinski definition) is 5. The predicted molar refractivity (Wildman–Crippen MR) is 108 cm³/mol. The van der Waals surface area contributed by atoms with E-state index in [0.717, 1.165) is 20.8 Å². The number of aromatic nitrogens is 2. The van der Waals surface area contributed by atoms with Gasteiger partial charge in [0.15, 0.2) is 5.13 Å². The molecule has 3 heterocycles. The predicted octanol–water partition coefficient (Wildman–Crippen LogP) is 5.18. The summed E-state index contributed by atoms with van der Waals surface area (Å²) in [6.45, 7) is 0.388. The zero-order valence-electron chi connectivity index (χ0n) is 13.6. The summed E-state index contributed by atoms with van der Waals surface area (Å²) in [6, 6.07) is 15.2. The second-order valence-electron chi connectivity index (χ2n) is 5.67. The third-order valence-corrected chi connectivity index (χ3v) is 5.98. The first-order valence-corrected chi connectivity index (χ1v) is 10.1. The molecule has 1 amide bonds. The third kappa shape index (κ3) is 3.77. The first-order chi connectivity index (χ1) is 12.7. The van der Waals surface area contributed by atoms with E-state index in [9.17, 15) is 4.79 Å². The summed E-state index contributed by atoms with van der Waals surface area (Å²) in [5.41, 5.74) is 1.66. The highest BCUT2D eigenvalue weighted by Gasteiger charge is 2.21. The van der Waals surface area contributed by atoms with Gasteiger partial charge in [0.1, 0.15) is 0 Å². The average molecular weight is 400 g/mol. The number of fused-ring (bicyclic) bond motifs is 1. The molecular weight excluding hydrogens is 386 g/mol. The van der Waals surface area contributed by atoms with Gasteiger partial charge in [-0.25, -0.2) is 4.98 Å². The van der Waals surface area contributed by atoms with Crippen LogP contribution >= 0.6 is 34.3 Å². The highest BCUT2D eigenvalue weighted by molar-refractivity contribution is 7.22. The maximum Gasteiger partial charge on any atom is 0.234 e. The summed E-state index contributed by atoms with van der Waals surface area (Å²) in [6.07, 6.45) is 2.08. The fraction of sp³-hybridized carbons (Fsp3) is 0.105. The van der Waals surface area contributed by atoms with Crippen LogP contribution in [0, 0.1) is 0 Å². The van der Waals surface area contributed by atoms with E-state index < -0.39 is 0 Å². The molecule has 0 unspecified atom stereocenters. The zero-order valence-corrected chi connectivity index (χ0v) is 16.0. The quantitative estimate of drug-likeness (QED) is 0.464. The molecule has 0 bridgehead atoms. The van der Waals surface area contributed by atoms with Crippen LogP contribution in [-0.4, -0.2) is 15.9 Å². The molecule has 0 aliphatic heterocycles. The molecule has 1 aromatic carbocycles. The lowest BCUT2D eigenvalue weighted by molar-refractivity contribution is -0.118. The number of thiazole rings is 1. The number of carbonyl (C=O) groups excluding carboxylic acids is 1. The van der Waals surface area contributed by atoms with Crippen LogP contribution in [-0.2, 0) is 17.8 Å². The van der Waals surface area contributed by atoms with Crippen LogP contribution in [0.1, 0.15) is 10.6 Å². The molecule has 3 aromatic heterocycles. The van der Waals surface area contributed by atoms with E-state index in [1.54, 1.807) is 22.4 Å². The molecule has 0 spiro atoms. The summed E-state index contributed by atoms with van der Waals surface area (Å²) in [7, 11) is 0. The van der Waals surface area contributed by atoms with E-state index in [0.29, 0.717) is 23.1 Å². The van der Waals surface area contributed by atoms with Gasteiger partial charge in [-0.15, -0.1) is 11.3 Å². The Labute approximate surface area is 163 Å². The molecule has 0 saturated carbocycles. The van der Waals surface area contributed by atoms with Gasteiger partial charge in [-0.05, 0) is 41.8 Å². The second kappa shape index (κ2) is 7.53. The largest absolute Gasteiger partial charge is 0.282 e. The molecule has 0 aliphatic carbocycles. The fourth-order valence-corrected chi connectivity index (χ4v) is 4.53. The van der Waals surface area contributed by atoms with E-state index in [1.807, 2.05) is 53.9 Å². The SMILES string of the molecule is O=C(Cc1cccs1)N(Cc1ccccn1)c1nc2ccc(Cl)cc2s1. The minimum atomic E-state index is 0.00301. The van der Waals surface area contributed by atoms with Crippen molar-refractivity contribution < 1.29 is 4.79 Å². The first-order valence-electron chi connectivity index (χ1n) is 7.98. The molecule has 0 aliphatic rings. The van der Waals surface area contributed by atoms with Crippen LogP contribution in [0.2, 0.25) is 5.02 Å². The van der Waals surface area contributed by atoms with E-state index in [1.165, 1.54) is 11.3 Å². The Morgan fingerprint density at radius 3 is 2.85 bits per heavy atom. The number of thiophene rings is 1. The second-order valence-corrected chi connectivity index (χ2v) is 8.14. The number of benzene rings is 1. The molecule has 26 heavy (non-hydrogen) atoms. The monoisotopic (exact) mass is 399 g/mol. The number of anilines is 1. The van der Waals surface area contributed by atoms with Gasteiger partial charge in [-0.1, -0.05) is 35.1 Å². The molecule has 0 N–H and O–H groups in total. The molecule has 0 radical (unpaired) electrons. The zero-order chi connectivity index (χ0) is 17.9. The van der Waals surface area contributed by atoms with Gasteiger partial charge in [0.2, 0.25) is 5.91 Å². The van der Waals surface area contributed by atoms with Crippen molar-refractivity contribution in [2.24, 2.45) is 0 Å². The van der Waals surface area contributed by atoms with Gasteiger partial charge in [0.25, 0.3) is 0 Å². The third-order valence-electron chi connectivity index (χ3n) is 3.82. The molecule has 4 rings (SSSR count). The molecule has 0 fully saturated rings. The Balaban J connectivity index is 1.69. The van der Waals surface area contributed by atoms with Crippen molar-refractivity contribution in [1.29, 1.82) is 0 Å². The number of hydrogen-bond donors (Lipinski definition) is 0. The van der Waals surface area contributed by atoms with Crippen molar-refractivity contribution >= 4 is 55.5 Å². The molecular formula is C19H14ClN3OS2. The van der Waals surface area contributed by atoms with E-state index >= 15 is 0 Å². The minimum Gasteiger partial charge on any atom is -0.282 e. The molecule has 4 aromatic rings. The number of amides is 1. The standard InChI is InChI=1S/C19H14ClN3OS2/c20-13-6-7-16-17(10-13)26-19(22-16)23(12-14-4-1-2-8-21-14)18(24)11-15-5-3-9-25-15/h1-10H,11-12H2. The Kier molecular flexibility index (Phi) is 4.97. The van der Waals surface area contributed by atoms with Crippen molar-refractivity contribution in [3.8, 4) is 0 Å². The average Bonchev–Trinajstić information content (AvgIpc) is 3.29. The molecule has 130 valence electrons. The summed E-state index contributed by atoms with van der Waals surface area (Å²) in [5, 5.41) is 3.30. The summed E-state index contributed by atoms with van der Waals surface area (Å²) >= 11 is 9.13.